The Hall–Kier alpha value is -1.63. The van der Waals surface area contributed by atoms with E-state index in [2.05, 4.69) is 58.5 Å². The first-order chi connectivity index (χ1) is 14.2. The molecule has 1 aromatic carbocycles. The lowest BCUT2D eigenvalue weighted by Gasteiger charge is -2.27. The Kier molecular flexibility index (Phi) is 9.25. The second-order valence-corrected chi connectivity index (χ2v) is 8.35. The topological polar surface area (TPSA) is 52.1 Å². The van der Waals surface area contributed by atoms with E-state index in [1.54, 1.807) is 0 Å². The standard InChI is InChI=1S/C23H39N5O/c1-3-24-23(25-16-20(2)18-27-10-6-7-11-27)26-17-21-8-4-5-9-22(21)19-28-12-14-29-15-13-28/h4-5,8-9,20H,3,6-7,10-19H2,1-2H3,(H2,24,25,26). The number of guanidine groups is 1. The molecule has 0 saturated carbocycles. The van der Waals surface area contributed by atoms with Gasteiger partial charge in [-0.2, -0.15) is 0 Å². The van der Waals surface area contributed by atoms with Crippen molar-refractivity contribution in [3.8, 4) is 0 Å². The minimum Gasteiger partial charge on any atom is -0.379 e. The van der Waals surface area contributed by atoms with E-state index >= 15 is 0 Å². The lowest BCUT2D eigenvalue weighted by molar-refractivity contribution is 0.0341. The summed E-state index contributed by atoms with van der Waals surface area (Å²) >= 11 is 0. The summed E-state index contributed by atoms with van der Waals surface area (Å²) in [7, 11) is 0. The third kappa shape index (κ3) is 7.61. The average molecular weight is 402 g/mol. The van der Waals surface area contributed by atoms with Crippen LogP contribution in [0.5, 0.6) is 0 Å². The molecule has 6 nitrogen and oxygen atoms in total. The molecule has 0 radical (unpaired) electrons. The maximum atomic E-state index is 5.48. The van der Waals surface area contributed by atoms with Gasteiger partial charge in [0.1, 0.15) is 0 Å². The summed E-state index contributed by atoms with van der Waals surface area (Å²) < 4.78 is 5.48. The zero-order valence-corrected chi connectivity index (χ0v) is 18.3. The van der Waals surface area contributed by atoms with Crippen molar-refractivity contribution < 1.29 is 4.74 Å². The van der Waals surface area contributed by atoms with Crippen LogP contribution in [0.2, 0.25) is 0 Å². The van der Waals surface area contributed by atoms with Crippen molar-refractivity contribution in [2.75, 3.05) is 59.0 Å². The van der Waals surface area contributed by atoms with Crippen LogP contribution in [0.25, 0.3) is 0 Å². The van der Waals surface area contributed by atoms with Crippen molar-refractivity contribution in [2.24, 2.45) is 10.9 Å². The molecular weight excluding hydrogens is 362 g/mol. The Bertz CT molecular complexity index is 623. The number of hydrogen-bond donors (Lipinski definition) is 2. The van der Waals surface area contributed by atoms with Crippen LogP contribution in [-0.4, -0.2) is 74.8 Å². The van der Waals surface area contributed by atoms with Crippen LogP contribution in [0.1, 0.15) is 37.8 Å². The molecule has 2 aliphatic heterocycles. The van der Waals surface area contributed by atoms with Gasteiger partial charge in [0.2, 0.25) is 0 Å². The summed E-state index contributed by atoms with van der Waals surface area (Å²) in [4.78, 5) is 9.93. The number of nitrogens with zero attached hydrogens (tertiary/aromatic N) is 3. The Labute approximate surface area is 176 Å². The Morgan fingerprint density at radius 3 is 2.48 bits per heavy atom. The van der Waals surface area contributed by atoms with E-state index in [-0.39, 0.29) is 0 Å². The summed E-state index contributed by atoms with van der Waals surface area (Å²) in [5, 5.41) is 6.95. The van der Waals surface area contributed by atoms with Crippen LogP contribution in [0.4, 0.5) is 0 Å². The van der Waals surface area contributed by atoms with Gasteiger partial charge in [0.15, 0.2) is 5.96 Å². The zero-order chi connectivity index (χ0) is 20.3. The number of ether oxygens (including phenoxy) is 1. The smallest absolute Gasteiger partial charge is 0.191 e. The van der Waals surface area contributed by atoms with E-state index in [1.165, 1.54) is 43.6 Å². The van der Waals surface area contributed by atoms with Gasteiger partial charge in [-0.25, -0.2) is 4.99 Å². The van der Waals surface area contributed by atoms with Crippen molar-refractivity contribution in [1.29, 1.82) is 0 Å². The number of nitrogens with one attached hydrogen (secondary N) is 2. The van der Waals surface area contributed by atoms with Gasteiger partial charge in [0.25, 0.3) is 0 Å². The maximum absolute atomic E-state index is 5.48. The van der Waals surface area contributed by atoms with Crippen molar-refractivity contribution in [3.63, 3.8) is 0 Å². The first-order valence-electron chi connectivity index (χ1n) is 11.4. The Morgan fingerprint density at radius 1 is 1.03 bits per heavy atom. The minimum atomic E-state index is 0.616. The SMILES string of the molecule is CCNC(=NCc1ccccc1CN1CCOCC1)NCC(C)CN1CCCC1. The molecule has 0 amide bonds. The predicted molar refractivity (Wildman–Crippen MR) is 120 cm³/mol. The van der Waals surface area contributed by atoms with E-state index in [1.807, 2.05) is 0 Å². The second-order valence-electron chi connectivity index (χ2n) is 8.35. The van der Waals surface area contributed by atoms with Gasteiger partial charge in [-0.1, -0.05) is 31.2 Å². The van der Waals surface area contributed by atoms with E-state index in [0.717, 1.165) is 51.9 Å². The lowest BCUT2D eigenvalue weighted by atomic mass is 10.1. The fourth-order valence-corrected chi connectivity index (χ4v) is 4.11. The lowest BCUT2D eigenvalue weighted by Crippen LogP contribution is -2.41. The van der Waals surface area contributed by atoms with E-state index in [9.17, 15) is 0 Å². The summed E-state index contributed by atoms with van der Waals surface area (Å²) in [6.45, 7) is 15.4. The molecule has 0 aromatic heterocycles. The first kappa shape index (κ1) is 22.1. The summed E-state index contributed by atoms with van der Waals surface area (Å²) in [6, 6.07) is 8.69. The summed E-state index contributed by atoms with van der Waals surface area (Å²) in [5.41, 5.74) is 2.68. The summed E-state index contributed by atoms with van der Waals surface area (Å²) in [5.74, 6) is 1.53. The molecule has 0 aliphatic carbocycles. The number of likely N-dealkylation sites (tertiary alicyclic amines) is 1. The highest BCUT2D eigenvalue weighted by atomic mass is 16.5. The number of rotatable bonds is 9. The molecule has 2 N–H and O–H groups in total. The normalized spacial score (nSPS) is 20.0. The molecule has 2 saturated heterocycles. The van der Waals surface area contributed by atoms with Gasteiger partial charge in [0, 0.05) is 39.3 Å². The fourth-order valence-electron chi connectivity index (χ4n) is 4.11. The van der Waals surface area contributed by atoms with Gasteiger partial charge in [0.05, 0.1) is 19.8 Å². The van der Waals surface area contributed by atoms with Crippen molar-refractivity contribution in [1.82, 2.24) is 20.4 Å². The molecule has 1 atom stereocenters. The molecule has 2 aliphatic rings. The third-order valence-corrected chi connectivity index (χ3v) is 5.75. The van der Waals surface area contributed by atoms with Crippen LogP contribution < -0.4 is 10.6 Å². The maximum Gasteiger partial charge on any atom is 0.191 e. The van der Waals surface area contributed by atoms with Crippen molar-refractivity contribution >= 4 is 5.96 Å². The molecule has 0 spiro atoms. The van der Waals surface area contributed by atoms with Gasteiger partial charge in [-0.05, 0) is 49.9 Å². The van der Waals surface area contributed by atoms with E-state index < -0.39 is 0 Å². The van der Waals surface area contributed by atoms with E-state index in [0.29, 0.717) is 12.5 Å². The second kappa shape index (κ2) is 12.2. The third-order valence-electron chi connectivity index (χ3n) is 5.75. The number of hydrogen-bond acceptors (Lipinski definition) is 4. The minimum absolute atomic E-state index is 0.616. The quantitative estimate of drug-likeness (QED) is 0.491. The molecule has 3 rings (SSSR count). The molecule has 2 heterocycles. The zero-order valence-electron chi connectivity index (χ0n) is 18.3. The molecule has 1 unspecified atom stereocenters. The number of aliphatic imine (C=N–C) groups is 1. The van der Waals surface area contributed by atoms with Gasteiger partial charge >= 0.3 is 0 Å². The van der Waals surface area contributed by atoms with Crippen molar-refractivity contribution in [3.05, 3.63) is 35.4 Å². The molecule has 1 aromatic rings. The van der Waals surface area contributed by atoms with Gasteiger partial charge in [-0.15, -0.1) is 0 Å². The average Bonchev–Trinajstić information content (AvgIpc) is 3.25. The summed E-state index contributed by atoms with van der Waals surface area (Å²) in [6.07, 6.45) is 2.71. The molecule has 2 fully saturated rings. The largest absolute Gasteiger partial charge is 0.379 e. The highest BCUT2D eigenvalue weighted by Crippen LogP contribution is 2.14. The Morgan fingerprint density at radius 2 is 1.76 bits per heavy atom. The van der Waals surface area contributed by atoms with Crippen LogP contribution in [0.3, 0.4) is 0 Å². The monoisotopic (exact) mass is 401 g/mol. The molecule has 0 bridgehead atoms. The predicted octanol–water partition coefficient (Wildman–Crippen LogP) is 2.31. The van der Waals surface area contributed by atoms with Gasteiger partial charge < -0.3 is 20.3 Å². The van der Waals surface area contributed by atoms with Crippen LogP contribution >= 0.6 is 0 Å². The molecule has 6 heteroatoms. The number of benzene rings is 1. The number of morpholine rings is 1. The highest BCUT2D eigenvalue weighted by Gasteiger charge is 2.15. The van der Waals surface area contributed by atoms with Crippen LogP contribution in [0.15, 0.2) is 29.3 Å². The molecule has 162 valence electrons. The van der Waals surface area contributed by atoms with E-state index in [4.69, 9.17) is 9.73 Å². The van der Waals surface area contributed by atoms with Gasteiger partial charge in [-0.3, -0.25) is 4.90 Å². The first-order valence-corrected chi connectivity index (χ1v) is 11.4. The van der Waals surface area contributed by atoms with Crippen LogP contribution in [-0.2, 0) is 17.8 Å². The van der Waals surface area contributed by atoms with Crippen molar-refractivity contribution in [2.45, 2.75) is 39.8 Å². The highest BCUT2D eigenvalue weighted by molar-refractivity contribution is 5.79. The Balaban J connectivity index is 1.53. The molecular formula is C23H39N5O. The van der Waals surface area contributed by atoms with Crippen LogP contribution in [0, 0.1) is 5.92 Å². The molecule has 29 heavy (non-hydrogen) atoms. The fraction of sp³-hybridized carbons (Fsp3) is 0.696.